The van der Waals surface area contributed by atoms with Gasteiger partial charge in [0.1, 0.15) is 17.4 Å². The van der Waals surface area contributed by atoms with Crippen molar-refractivity contribution in [2.45, 2.75) is 6.92 Å². The molecule has 1 aromatic rings. The van der Waals surface area contributed by atoms with Crippen molar-refractivity contribution in [3.05, 3.63) is 36.0 Å². The van der Waals surface area contributed by atoms with Crippen LogP contribution in [-0.4, -0.2) is 41.7 Å². The number of ether oxygens (including phenoxy) is 1. The summed E-state index contributed by atoms with van der Waals surface area (Å²) in [5.74, 6) is -0.639. The van der Waals surface area contributed by atoms with E-state index in [0.29, 0.717) is 5.69 Å². The minimum atomic E-state index is -0.692. The molecule has 23 heavy (non-hydrogen) atoms. The van der Waals surface area contributed by atoms with Crippen LogP contribution in [0.2, 0.25) is 0 Å². The Morgan fingerprint density at radius 3 is 2.61 bits per heavy atom. The predicted molar refractivity (Wildman–Crippen MR) is 83.2 cm³/mol. The molecule has 0 fully saturated rings. The largest absolute Gasteiger partial charge is 0.508 e. The number of phenols is 1. The van der Waals surface area contributed by atoms with E-state index in [0.717, 1.165) is 11.1 Å². The lowest BCUT2D eigenvalue weighted by Crippen LogP contribution is -2.32. The molecule has 0 spiro atoms. The molecule has 0 bridgehead atoms. The standard InChI is InChI=1S/C15H18N4O4/c1-2-23-15(22)19(8-7-16)10-11(9-17)14(21)18-12-3-5-13(20)6-4-12/h3-6,10,20H,2,7-8,16H2,1H3,(H,18,21)/b11-10-. The summed E-state index contributed by atoms with van der Waals surface area (Å²) in [6, 6.07) is 7.47. The third-order valence-electron chi connectivity index (χ3n) is 2.65. The number of aromatic hydroxyl groups is 1. The van der Waals surface area contributed by atoms with Gasteiger partial charge in [0.05, 0.1) is 6.61 Å². The van der Waals surface area contributed by atoms with Gasteiger partial charge in [-0.1, -0.05) is 0 Å². The molecular formula is C15H18N4O4. The van der Waals surface area contributed by atoms with Gasteiger partial charge in [0.25, 0.3) is 5.91 Å². The van der Waals surface area contributed by atoms with Gasteiger partial charge in [-0.3, -0.25) is 9.69 Å². The number of hydrogen-bond donors (Lipinski definition) is 3. The van der Waals surface area contributed by atoms with Crippen molar-refractivity contribution in [1.29, 1.82) is 5.26 Å². The van der Waals surface area contributed by atoms with Gasteiger partial charge in [0.2, 0.25) is 0 Å². The second-order valence-electron chi connectivity index (χ2n) is 4.34. The number of nitrogens with zero attached hydrogens (tertiary/aromatic N) is 2. The van der Waals surface area contributed by atoms with E-state index < -0.39 is 12.0 Å². The Hall–Kier alpha value is -3.05. The van der Waals surface area contributed by atoms with E-state index in [1.807, 2.05) is 0 Å². The lowest BCUT2D eigenvalue weighted by Gasteiger charge is -2.17. The van der Waals surface area contributed by atoms with Crippen molar-refractivity contribution in [1.82, 2.24) is 4.90 Å². The minimum absolute atomic E-state index is 0.0514. The highest BCUT2D eigenvalue weighted by Crippen LogP contribution is 2.14. The molecule has 0 aromatic heterocycles. The molecule has 122 valence electrons. The molecule has 1 rings (SSSR count). The van der Waals surface area contributed by atoms with Crippen molar-refractivity contribution in [2.75, 3.05) is 25.0 Å². The molecule has 0 radical (unpaired) electrons. The molecule has 0 aliphatic carbocycles. The summed E-state index contributed by atoms with van der Waals surface area (Å²) < 4.78 is 4.83. The van der Waals surface area contributed by atoms with E-state index in [9.17, 15) is 14.7 Å². The smallest absolute Gasteiger partial charge is 0.413 e. The number of benzene rings is 1. The van der Waals surface area contributed by atoms with E-state index in [2.05, 4.69) is 5.32 Å². The maximum atomic E-state index is 12.1. The molecule has 8 heteroatoms. The first-order chi connectivity index (χ1) is 11.0. The van der Waals surface area contributed by atoms with E-state index in [1.165, 1.54) is 24.3 Å². The fraction of sp³-hybridized carbons (Fsp3) is 0.267. The lowest BCUT2D eigenvalue weighted by molar-refractivity contribution is -0.112. The average Bonchev–Trinajstić information content (AvgIpc) is 2.53. The quantitative estimate of drug-likeness (QED) is 0.410. The van der Waals surface area contributed by atoms with E-state index in [-0.39, 0.29) is 31.0 Å². The molecule has 0 atom stereocenters. The number of hydrogen-bond acceptors (Lipinski definition) is 6. The molecule has 0 heterocycles. The van der Waals surface area contributed by atoms with Gasteiger partial charge in [-0.15, -0.1) is 0 Å². The zero-order chi connectivity index (χ0) is 17.2. The van der Waals surface area contributed by atoms with Crippen LogP contribution in [0.4, 0.5) is 10.5 Å². The number of nitrogens with one attached hydrogen (secondary N) is 1. The van der Waals surface area contributed by atoms with Crippen LogP contribution < -0.4 is 11.1 Å². The molecule has 4 N–H and O–H groups in total. The summed E-state index contributed by atoms with van der Waals surface area (Å²) in [5, 5.41) is 20.8. The maximum absolute atomic E-state index is 12.1. The maximum Gasteiger partial charge on any atom is 0.413 e. The van der Waals surface area contributed by atoms with Gasteiger partial charge in [-0.25, -0.2) is 4.79 Å². The number of nitriles is 1. The molecule has 0 unspecified atom stereocenters. The molecule has 0 aliphatic heterocycles. The molecule has 0 saturated heterocycles. The second-order valence-corrected chi connectivity index (χ2v) is 4.34. The normalized spacial score (nSPS) is 10.6. The molecular weight excluding hydrogens is 300 g/mol. The first-order valence-corrected chi connectivity index (χ1v) is 6.87. The number of phenolic OH excluding ortho intramolecular Hbond substituents is 1. The first-order valence-electron chi connectivity index (χ1n) is 6.87. The predicted octanol–water partition coefficient (Wildman–Crippen LogP) is 1.16. The number of nitrogens with two attached hydrogens (primary N) is 1. The third kappa shape index (κ3) is 5.68. The summed E-state index contributed by atoms with van der Waals surface area (Å²) >= 11 is 0. The zero-order valence-electron chi connectivity index (χ0n) is 12.7. The Bertz CT molecular complexity index is 619. The van der Waals surface area contributed by atoms with Crippen molar-refractivity contribution in [3.63, 3.8) is 0 Å². The van der Waals surface area contributed by atoms with Gasteiger partial charge in [0.15, 0.2) is 0 Å². The van der Waals surface area contributed by atoms with E-state index >= 15 is 0 Å². The first kappa shape index (κ1) is 18.0. The highest BCUT2D eigenvalue weighted by Gasteiger charge is 2.16. The summed E-state index contributed by atoms with van der Waals surface area (Å²) in [6.45, 7) is 2.06. The van der Waals surface area contributed by atoms with Crippen LogP contribution in [0.15, 0.2) is 36.0 Å². The zero-order valence-corrected chi connectivity index (χ0v) is 12.7. The second kappa shape index (κ2) is 9.07. The summed E-state index contributed by atoms with van der Waals surface area (Å²) in [5.41, 5.74) is 5.53. The number of carbonyl (C=O) groups excluding carboxylic acids is 2. The number of anilines is 1. The Morgan fingerprint density at radius 2 is 2.09 bits per heavy atom. The van der Waals surface area contributed by atoms with Crippen LogP contribution in [0.1, 0.15) is 6.92 Å². The number of carbonyl (C=O) groups is 2. The van der Waals surface area contributed by atoms with Gasteiger partial charge in [-0.05, 0) is 31.2 Å². The fourth-order valence-corrected chi connectivity index (χ4v) is 1.59. The van der Waals surface area contributed by atoms with Crippen LogP contribution in [0, 0.1) is 11.3 Å². The van der Waals surface area contributed by atoms with Crippen LogP contribution >= 0.6 is 0 Å². The van der Waals surface area contributed by atoms with Crippen LogP contribution in [0.25, 0.3) is 0 Å². The fourth-order valence-electron chi connectivity index (χ4n) is 1.59. The van der Waals surface area contributed by atoms with Crippen molar-refractivity contribution in [2.24, 2.45) is 5.73 Å². The number of amides is 2. The highest BCUT2D eigenvalue weighted by atomic mass is 16.6. The van der Waals surface area contributed by atoms with Gasteiger partial charge in [0, 0.05) is 25.0 Å². The van der Waals surface area contributed by atoms with Crippen LogP contribution in [0.5, 0.6) is 5.75 Å². The molecule has 0 saturated carbocycles. The summed E-state index contributed by atoms with van der Waals surface area (Å²) in [4.78, 5) is 24.9. The van der Waals surface area contributed by atoms with Crippen molar-refractivity contribution >= 4 is 17.7 Å². The summed E-state index contributed by atoms with van der Waals surface area (Å²) in [6.07, 6.45) is 0.406. The van der Waals surface area contributed by atoms with E-state index in [1.54, 1.807) is 13.0 Å². The monoisotopic (exact) mass is 318 g/mol. The molecule has 8 nitrogen and oxygen atoms in total. The van der Waals surface area contributed by atoms with Gasteiger partial charge >= 0.3 is 6.09 Å². The van der Waals surface area contributed by atoms with Crippen LogP contribution in [0.3, 0.4) is 0 Å². The average molecular weight is 318 g/mol. The Labute approximate surface area is 133 Å². The highest BCUT2D eigenvalue weighted by molar-refractivity contribution is 6.06. The Morgan fingerprint density at radius 1 is 1.43 bits per heavy atom. The van der Waals surface area contributed by atoms with Crippen LogP contribution in [-0.2, 0) is 9.53 Å². The van der Waals surface area contributed by atoms with Gasteiger partial charge in [-0.2, -0.15) is 5.26 Å². The third-order valence-corrected chi connectivity index (χ3v) is 2.65. The van der Waals surface area contributed by atoms with Gasteiger partial charge < -0.3 is 20.9 Å². The van der Waals surface area contributed by atoms with Crippen molar-refractivity contribution in [3.8, 4) is 11.8 Å². The molecule has 2 amide bonds. The van der Waals surface area contributed by atoms with Crippen molar-refractivity contribution < 1.29 is 19.4 Å². The summed E-state index contributed by atoms with van der Waals surface area (Å²) in [7, 11) is 0. The SMILES string of the molecule is CCOC(=O)N(/C=C(/C#N)C(=O)Nc1ccc(O)cc1)CCN. The number of rotatable bonds is 6. The Kier molecular flexibility index (Phi) is 7.10. The Balaban J connectivity index is 2.90. The lowest BCUT2D eigenvalue weighted by atomic mass is 10.2. The topological polar surface area (TPSA) is 129 Å². The molecule has 1 aromatic carbocycles. The molecule has 0 aliphatic rings. The van der Waals surface area contributed by atoms with E-state index in [4.69, 9.17) is 15.7 Å². The minimum Gasteiger partial charge on any atom is -0.508 e.